The summed E-state index contributed by atoms with van der Waals surface area (Å²) in [7, 11) is -1.98. The molecule has 2 rings (SSSR count). The van der Waals surface area contributed by atoms with Crippen LogP contribution in [-0.4, -0.2) is 55.9 Å². The van der Waals surface area contributed by atoms with Crippen molar-refractivity contribution in [2.24, 2.45) is 0 Å². The van der Waals surface area contributed by atoms with Gasteiger partial charge in [0.15, 0.2) is 0 Å². The van der Waals surface area contributed by atoms with E-state index in [1.54, 1.807) is 0 Å². The van der Waals surface area contributed by atoms with Crippen molar-refractivity contribution in [3.63, 3.8) is 0 Å². The summed E-state index contributed by atoms with van der Waals surface area (Å²) in [5.41, 5.74) is 0.468. The average molecular weight is 287 g/mol. The fourth-order valence-corrected chi connectivity index (χ4v) is 2.96. The molecule has 0 aromatic carbocycles. The van der Waals surface area contributed by atoms with Gasteiger partial charge in [-0.2, -0.15) is 12.7 Å². The molecule has 1 aliphatic heterocycles. The minimum absolute atomic E-state index is 0.382. The predicted molar refractivity (Wildman–Crippen MR) is 71.4 cm³/mol. The van der Waals surface area contributed by atoms with Gasteiger partial charge in [-0.3, -0.25) is 4.98 Å². The maximum Gasteiger partial charge on any atom is 0.346 e. The van der Waals surface area contributed by atoms with E-state index in [9.17, 15) is 13.2 Å². The molecule has 0 amide bonds. The summed E-state index contributed by atoms with van der Waals surface area (Å²) in [5, 5.41) is 0. The molecule has 1 aliphatic rings. The van der Waals surface area contributed by atoms with Crippen LogP contribution in [0.5, 0.6) is 0 Å². The van der Waals surface area contributed by atoms with Crippen molar-refractivity contribution in [3.8, 4) is 0 Å². The van der Waals surface area contributed by atoms with Gasteiger partial charge in [0.1, 0.15) is 5.82 Å². The molecule has 0 atom stereocenters. The Morgan fingerprint density at radius 2 is 1.95 bits per heavy atom. The highest BCUT2D eigenvalue weighted by Crippen LogP contribution is 2.16. The van der Waals surface area contributed by atoms with Crippen LogP contribution in [0.4, 0.5) is 5.82 Å². The summed E-state index contributed by atoms with van der Waals surface area (Å²) >= 11 is 0. The molecule has 1 saturated heterocycles. The zero-order valence-electron chi connectivity index (χ0n) is 10.9. The van der Waals surface area contributed by atoms with Crippen molar-refractivity contribution in [2.75, 3.05) is 38.1 Å². The Balaban J connectivity index is 2.12. The highest BCUT2D eigenvalue weighted by Gasteiger charge is 2.26. The van der Waals surface area contributed by atoms with Crippen LogP contribution in [-0.2, 0) is 10.2 Å². The molecule has 0 saturated carbocycles. The molecule has 0 unspecified atom stereocenters. The van der Waals surface area contributed by atoms with Crippen molar-refractivity contribution in [2.45, 2.75) is 6.92 Å². The van der Waals surface area contributed by atoms with Crippen LogP contribution >= 0.6 is 0 Å². The van der Waals surface area contributed by atoms with Crippen LogP contribution in [0.25, 0.3) is 0 Å². The topological polar surface area (TPSA) is 98.4 Å². The molecule has 8 nitrogen and oxygen atoms in total. The van der Waals surface area contributed by atoms with Crippen LogP contribution < -0.4 is 15.3 Å². The summed E-state index contributed by atoms with van der Waals surface area (Å²) < 4.78 is 27.0. The maximum atomic E-state index is 11.6. The van der Waals surface area contributed by atoms with Gasteiger partial charge in [0, 0.05) is 45.0 Å². The van der Waals surface area contributed by atoms with Crippen LogP contribution in [0.3, 0.4) is 0 Å². The van der Waals surface area contributed by atoms with Crippen LogP contribution in [0.1, 0.15) is 5.56 Å². The fraction of sp³-hybridized carbons (Fsp3) is 0.600. The highest BCUT2D eigenvalue weighted by molar-refractivity contribution is 7.87. The molecule has 106 valence electrons. The van der Waals surface area contributed by atoms with Gasteiger partial charge in [0.05, 0.1) is 0 Å². The van der Waals surface area contributed by atoms with E-state index in [1.807, 2.05) is 11.8 Å². The van der Waals surface area contributed by atoms with Gasteiger partial charge in [0.2, 0.25) is 0 Å². The van der Waals surface area contributed by atoms with Gasteiger partial charge in [0.25, 0.3) is 10.2 Å². The average Bonchev–Trinajstić information content (AvgIpc) is 2.42. The molecule has 1 fully saturated rings. The van der Waals surface area contributed by atoms with Gasteiger partial charge in [-0.05, 0) is 6.92 Å². The summed E-state index contributed by atoms with van der Waals surface area (Å²) in [4.78, 5) is 19.5. The molecule has 1 aromatic rings. The molecule has 2 N–H and O–H groups in total. The van der Waals surface area contributed by atoms with E-state index in [1.165, 1.54) is 17.5 Å². The molecular weight excluding hydrogens is 270 g/mol. The molecule has 0 spiro atoms. The number of nitrogens with zero attached hydrogens (tertiary/aromatic N) is 3. The lowest BCUT2D eigenvalue weighted by Gasteiger charge is -2.35. The van der Waals surface area contributed by atoms with E-state index >= 15 is 0 Å². The first-order valence-electron chi connectivity index (χ1n) is 5.93. The lowest BCUT2D eigenvalue weighted by atomic mass is 10.3. The number of rotatable bonds is 3. The van der Waals surface area contributed by atoms with E-state index in [4.69, 9.17) is 0 Å². The number of anilines is 1. The third kappa shape index (κ3) is 2.94. The number of aromatic nitrogens is 2. The monoisotopic (exact) mass is 287 g/mol. The second-order valence-corrected chi connectivity index (χ2v) is 6.19. The van der Waals surface area contributed by atoms with E-state index < -0.39 is 15.9 Å². The van der Waals surface area contributed by atoms with Crippen molar-refractivity contribution in [3.05, 3.63) is 22.2 Å². The largest absolute Gasteiger partial charge is 0.355 e. The highest BCUT2D eigenvalue weighted by atomic mass is 32.2. The standard InChI is InChI=1S/C10H17N5O3S/c1-8-7-12-10(16)13-9(8)14-3-5-15(6-4-14)19(17,18)11-2/h7,11H,3-6H2,1-2H3,(H,12,13,16). The second kappa shape index (κ2) is 5.27. The lowest BCUT2D eigenvalue weighted by Crippen LogP contribution is -2.52. The molecular formula is C10H17N5O3S. The smallest absolute Gasteiger partial charge is 0.346 e. The lowest BCUT2D eigenvalue weighted by molar-refractivity contribution is 0.379. The fourth-order valence-electron chi connectivity index (χ4n) is 2.06. The van der Waals surface area contributed by atoms with Crippen LogP contribution in [0.15, 0.2) is 11.0 Å². The SMILES string of the molecule is CNS(=O)(=O)N1CCN(c2[nH]c(=O)ncc2C)CC1. The maximum absolute atomic E-state index is 11.6. The van der Waals surface area contributed by atoms with Crippen molar-refractivity contribution in [1.82, 2.24) is 19.0 Å². The first kappa shape index (κ1) is 14.0. The molecule has 1 aromatic heterocycles. The van der Waals surface area contributed by atoms with Crippen molar-refractivity contribution < 1.29 is 8.42 Å². The number of aromatic amines is 1. The Morgan fingerprint density at radius 1 is 1.32 bits per heavy atom. The number of aryl methyl sites for hydroxylation is 1. The number of H-pyrrole nitrogens is 1. The van der Waals surface area contributed by atoms with Crippen molar-refractivity contribution >= 4 is 16.0 Å². The normalized spacial score (nSPS) is 17.7. The van der Waals surface area contributed by atoms with Gasteiger partial charge in [-0.25, -0.2) is 14.5 Å². The molecule has 2 heterocycles. The van der Waals surface area contributed by atoms with Gasteiger partial charge in [-0.1, -0.05) is 0 Å². The van der Waals surface area contributed by atoms with E-state index in [0.717, 1.165) is 5.56 Å². The summed E-state index contributed by atoms with van der Waals surface area (Å²) in [6, 6.07) is 0. The molecule has 0 aliphatic carbocycles. The molecule has 9 heteroatoms. The van der Waals surface area contributed by atoms with Gasteiger partial charge < -0.3 is 4.90 Å². The molecule has 0 radical (unpaired) electrons. The zero-order chi connectivity index (χ0) is 14.0. The molecule has 0 bridgehead atoms. The summed E-state index contributed by atoms with van der Waals surface area (Å²) in [6.07, 6.45) is 1.52. The second-order valence-electron chi connectivity index (χ2n) is 4.32. The van der Waals surface area contributed by atoms with E-state index in [2.05, 4.69) is 14.7 Å². The minimum atomic E-state index is -3.37. The zero-order valence-corrected chi connectivity index (χ0v) is 11.7. The Morgan fingerprint density at radius 3 is 2.53 bits per heavy atom. The first-order valence-corrected chi connectivity index (χ1v) is 7.37. The van der Waals surface area contributed by atoms with Crippen molar-refractivity contribution in [1.29, 1.82) is 0 Å². The Labute approximate surface area is 111 Å². The summed E-state index contributed by atoms with van der Waals surface area (Å²) in [5.74, 6) is 0.710. The minimum Gasteiger partial charge on any atom is -0.355 e. The first-order chi connectivity index (χ1) is 8.94. The summed E-state index contributed by atoms with van der Waals surface area (Å²) in [6.45, 7) is 3.68. The van der Waals surface area contributed by atoms with Crippen LogP contribution in [0.2, 0.25) is 0 Å². The van der Waals surface area contributed by atoms with E-state index in [0.29, 0.717) is 32.0 Å². The number of hydrogen-bond acceptors (Lipinski definition) is 5. The van der Waals surface area contributed by atoms with Gasteiger partial charge >= 0.3 is 5.69 Å². The molecule has 19 heavy (non-hydrogen) atoms. The predicted octanol–water partition coefficient (Wildman–Crippen LogP) is -1.34. The number of hydrogen-bond donors (Lipinski definition) is 2. The quantitative estimate of drug-likeness (QED) is 0.717. The van der Waals surface area contributed by atoms with Gasteiger partial charge in [-0.15, -0.1) is 0 Å². The Kier molecular flexibility index (Phi) is 3.88. The Hall–Kier alpha value is -1.45. The number of nitrogens with one attached hydrogen (secondary N) is 2. The van der Waals surface area contributed by atoms with E-state index in [-0.39, 0.29) is 0 Å². The third-order valence-electron chi connectivity index (χ3n) is 3.13. The third-order valence-corrected chi connectivity index (χ3v) is 4.69. The Bertz CT molecular complexity index is 604. The van der Waals surface area contributed by atoms with Crippen LogP contribution in [0, 0.1) is 6.92 Å². The number of piperazine rings is 1.